The average molecular weight is 328 g/mol. The van der Waals surface area contributed by atoms with Gasteiger partial charge in [-0.05, 0) is 18.2 Å². The van der Waals surface area contributed by atoms with Crippen molar-refractivity contribution in [3.8, 4) is 5.75 Å². The molecule has 5 nitrogen and oxygen atoms in total. The molecule has 0 spiro atoms. The number of rotatable bonds is 4. The monoisotopic (exact) mass is 328 g/mol. The van der Waals surface area contributed by atoms with Crippen molar-refractivity contribution in [2.75, 3.05) is 12.4 Å². The van der Waals surface area contributed by atoms with Crippen LogP contribution in [-0.2, 0) is 16.1 Å². The highest BCUT2D eigenvalue weighted by Gasteiger charge is 2.30. The average Bonchev–Trinajstić information content (AvgIpc) is 2.57. The first kappa shape index (κ1) is 16.0. The molecule has 2 aromatic rings. The number of carbonyl (C=O) groups is 2. The first-order valence-electron chi connectivity index (χ1n) is 7.58. The molecule has 0 bridgehead atoms. The quantitative estimate of drug-likeness (QED) is 0.938. The van der Waals surface area contributed by atoms with Gasteiger partial charge in [-0.1, -0.05) is 30.3 Å². The molecule has 0 aliphatic carbocycles. The van der Waals surface area contributed by atoms with Crippen LogP contribution in [0.4, 0.5) is 10.1 Å². The first-order chi connectivity index (χ1) is 11.5. The van der Waals surface area contributed by atoms with Crippen molar-refractivity contribution in [2.24, 2.45) is 0 Å². The third-order valence-electron chi connectivity index (χ3n) is 3.86. The number of benzene rings is 2. The highest BCUT2D eigenvalue weighted by Crippen LogP contribution is 2.29. The van der Waals surface area contributed by atoms with Gasteiger partial charge in [0.1, 0.15) is 11.6 Å². The molecule has 3 rings (SSSR count). The number of nitrogens with zero attached hydrogens (tertiary/aromatic N) is 1. The summed E-state index contributed by atoms with van der Waals surface area (Å²) in [6.45, 7) is 0.135. The fraction of sp³-hybridized carbons (Fsp3) is 0.222. The van der Waals surface area contributed by atoms with Crippen LogP contribution in [-0.4, -0.2) is 29.9 Å². The topological polar surface area (TPSA) is 58.6 Å². The summed E-state index contributed by atoms with van der Waals surface area (Å²) in [6.07, 6.45) is -0.999. The Morgan fingerprint density at radius 1 is 1.21 bits per heavy atom. The SMILES string of the molecule is CN(Cc1ccccc1F)C(=O)CC1Oc2ccccc2NC1=O. The van der Waals surface area contributed by atoms with Gasteiger partial charge in [-0.3, -0.25) is 9.59 Å². The smallest absolute Gasteiger partial charge is 0.266 e. The van der Waals surface area contributed by atoms with Gasteiger partial charge in [0.15, 0.2) is 6.10 Å². The molecule has 0 saturated heterocycles. The highest BCUT2D eigenvalue weighted by atomic mass is 19.1. The van der Waals surface area contributed by atoms with Crippen LogP contribution in [0.25, 0.3) is 0 Å². The molecule has 0 fully saturated rings. The molecule has 1 atom stereocenters. The maximum atomic E-state index is 13.7. The van der Waals surface area contributed by atoms with Gasteiger partial charge in [-0.25, -0.2) is 4.39 Å². The molecule has 6 heteroatoms. The number of anilines is 1. The zero-order valence-corrected chi connectivity index (χ0v) is 13.2. The Labute approximate surface area is 139 Å². The van der Waals surface area contributed by atoms with Gasteiger partial charge >= 0.3 is 0 Å². The second-order valence-corrected chi connectivity index (χ2v) is 5.64. The van der Waals surface area contributed by atoms with E-state index in [0.717, 1.165) is 0 Å². The Bertz CT molecular complexity index is 778. The lowest BCUT2D eigenvalue weighted by Gasteiger charge is -2.27. The Morgan fingerprint density at radius 2 is 1.92 bits per heavy atom. The zero-order valence-electron chi connectivity index (χ0n) is 13.2. The second kappa shape index (κ2) is 6.70. The summed E-state index contributed by atoms with van der Waals surface area (Å²) in [5.74, 6) is -0.483. The molecule has 124 valence electrons. The van der Waals surface area contributed by atoms with E-state index in [4.69, 9.17) is 4.74 Å². The summed E-state index contributed by atoms with van der Waals surface area (Å²) >= 11 is 0. The number of ether oxygens (including phenoxy) is 1. The predicted molar refractivity (Wildman–Crippen MR) is 87.0 cm³/mol. The zero-order chi connectivity index (χ0) is 17.1. The molecule has 2 amide bonds. The molecule has 1 unspecified atom stereocenters. The summed E-state index contributed by atoms with van der Waals surface area (Å²) in [6, 6.07) is 13.3. The van der Waals surface area contributed by atoms with Crippen LogP contribution in [0.15, 0.2) is 48.5 Å². The van der Waals surface area contributed by atoms with Crippen LogP contribution in [0.3, 0.4) is 0 Å². The minimum atomic E-state index is -0.893. The van der Waals surface area contributed by atoms with E-state index in [1.807, 2.05) is 0 Å². The normalized spacial score (nSPS) is 15.9. The molecule has 0 saturated carbocycles. The fourth-order valence-electron chi connectivity index (χ4n) is 2.51. The third-order valence-corrected chi connectivity index (χ3v) is 3.86. The van der Waals surface area contributed by atoms with Crippen molar-refractivity contribution in [3.05, 3.63) is 59.9 Å². The number of fused-ring (bicyclic) bond motifs is 1. The highest BCUT2D eigenvalue weighted by molar-refractivity contribution is 5.99. The molecule has 0 aromatic heterocycles. The fourth-order valence-corrected chi connectivity index (χ4v) is 2.51. The van der Waals surface area contributed by atoms with Crippen LogP contribution in [0.5, 0.6) is 5.75 Å². The van der Waals surface area contributed by atoms with Gasteiger partial charge in [0, 0.05) is 19.2 Å². The van der Waals surface area contributed by atoms with E-state index in [2.05, 4.69) is 5.32 Å². The molecule has 24 heavy (non-hydrogen) atoms. The van der Waals surface area contributed by atoms with Crippen molar-refractivity contribution >= 4 is 17.5 Å². The van der Waals surface area contributed by atoms with Crippen molar-refractivity contribution < 1.29 is 18.7 Å². The van der Waals surface area contributed by atoms with Crippen molar-refractivity contribution in [2.45, 2.75) is 19.1 Å². The maximum absolute atomic E-state index is 13.7. The molecule has 2 aromatic carbocycles. The van der Waals surface area contributed by atoms with E-state index < -0.39 is 6.10 Å². The number of hydrogen-bond acceptors (Lipinski definition) is 3. The van der Waals surface area contributed by atoms with Gasteiger partial charge in [0.25, 0.3) is 5.91 Å². The summed E-state index contributed by atoms with van der Waals surface area (Å²) in [7, 11) is 1.57. The van der Waals surface area contributed by atoms with Gasteiger partial charge in [-0.15, -0.1) is 0 Å². The number of nitrogens with one attached hydrogen (secondary N) is 1. The predicted octanol–water partition coefficient (Wildman–Crippen LogP) is 2.57. The standard InChI is InChI=1S/C18H17FN2O3/c1-21(11-12-6-2-3-7-13(12)19)17(22)10-16-18(23)20-14-8-4-5-9-15(14)24-16/h2-9,16H,10-11H2,1H3,(H,20,23). The largest absolute Gasteiger partial charge is 0.478 e. The summed E-state index contributed by atoms with van der Waals surface area (Å²) in [4.78, 5) is 25.8. The molecule has 1 aliphatic rings. The van der Waals surface area contributed by atoms with Crippen molar-refractivity contribution in [1.29, 1.82) is 0 Å². The van der Waals surface area contributed by atoms with Crippen molar-refractivity contribution in [3.63, 3.8) is 0 Å². The molecule has 0 radical (unpaired) electrons. The molecular formula is C18H17FN2O3. The summed E-state index contributed by atoms with van der Waals surface area (Å²) < 4.78 is 19.3. The Balaban J connectivity index is 1.64. The van der Waals surface area contributed by atoms with Gasteiger partial charge in [0.2, 0.25) is 5.91 Å². The van der Waals surface area contributed by atoms with Crippen LogP contribution >= 0.6 is 0 Å². The number of halogens is 1. The van der Waals surface area contributed by atoms with Crippen LogP contribution in [0, 0.1) is 5.82 Å². The number of para-hydroxylation sites is 2. The minimum absolute atomic E-state index is 0.106. The lowest BCUT2D eigenvalue weighted by atomic mass is 10.1. The van der Waals surface area contributed by atoms with Crippen LogP contribution < -0.4 is 10.1 Å². The molecule has 1 N–H and O–H groups in total. The second-order valence-electron chi connectivity index (χ2n) is 5.64. The van der Waals surface area contributed by atoms with Gasteiger partial charge in [-0.2, -0.15) is 0 Å². The van der Waals surface area contributed by atoms with E-state index >= 15 is 0 Å². The van der Waals surface area contributed by atoms with Gasteiger partial charge in [0.05, 0.1) is 12.1 Å². The third kappa shape index (κ3) is 3.37. The van der Waals surface area contributed by atoms with Gasteiger partial charge < -0.3 is 15.0 Å². The first-order valence-corrected chi connectivity index (χ1v) is 7.58. The lowest BCUT2D eigenvalue weighted by molar-refractivity contribution is -0.136. The Morgan fingerprint density at radius 3 is 2.71 bits per heavy atom. The van der Waals surface area contributed by atoms with Crippen LogP contribution in [0.2, 0.25) is 0 Å². The van der Waals surface area contributed by atoms with E-state index in [1.165, 1.54) is 11.0 Å². The van der Waals surface area contributed by atoms with Crippen molar-refractivity contribution in [1.82, 2.24) is 4.90 Å². The van der Waals surface area contributed by atoms with E-state index in [9.17, 15) is 14.0 Å². The Hall–Kier alpha value is -2.89. The maximum Gasteiger partial charge on any atom is 0.266 e. The molecule has 1 heterocycles. The Kier molecular flexibility index (Phi) is 4.46. The molecular weight excluding hydrogens is 311 g/mol. The number of amides is 2. The number of hydrogen-bond donors (Lipinski definition) is 1. The van der Waals surface area contributed by atoms with E-state index in [-0.39, 0.29) is 30.6 Å². The minimum Gasteiger partial charge on any atom is -0.478 e. The summed E-state index contributed by atoms with van der Waals surface area (Å²) in [5.41, 5.74) is 1.01. The van der Waals surface area contributed by atoms with Crippen LogP contribution in [0.1, 0.15) is 12.0 Å². The summed E-state index contributed by atoms with van der Waals surface area (Å²) in [5, 5.41) is 2.72. The van der Waals surface area contributed by atoms with E-state index in [1.54, 1.807) is 49.5 Å². The number of carbonyl (C=O) groups excluding carboxylic acids is 2. The van der Waals surface area contributed by atoms with E-state index in [0.29, 0.717) is 17.0 Å². The lowest BCUT2D eigenvalue weighted by Crippen LogP contribution is -2.41. The molecule has 1 aliphatic heterocycles.